The molecule has 0 aliphatic carbocycles. The zero-order valence-corrected chi connectivity index (χ0v) is 14.7. The van der Waals surface area contributed by atoms with Crippen molar-refractivity contribution in [2.45, 2.75) is 10.3 Å². The first-order valence-electron chi connectivity index (χ1n) is 7.67. The fourth-order valence-corrected chi connectivity index (χ4v) is 4.81. The van der Waals surface area contributed by atoms with E-state index in [-0.39, 0.29) is 22.6 Å². The molecule has 1 unspecified atom stereocenters. The van der Waals surface area contributed by atoms with Gasteiger partial charge in [-0.3, -0.25) is 4.90 Å². The zero-order chi connectivity index (χ0) is 17.0. The van der Waals surface area contributed by atoms with Crippen molar-refractivity contribution in [1.82, 2.24) is 9.62 Å². The maximum Gasteiger partial charge on any atom is 0.250 e. The van der Waals surface area contributed by atoms with Crippen LogP contribution in [0.5, 0.6) is 0 Å². The number of ether oxygens (including phenoxy) is 1. The van der Waals surface area contributed by atoms with Crippen molar-refractivity contribution in [3.05, 3.63) is 53.2 Å². The summed E-state index contributed by atoms with van der Waals surface area (Å²) in [6, 6.07) is 9.34. The van der Waals surface area contributed by atoms with Crippen LogP contribution in [0.2, 0.25) is 0 Å². The molecular formula is C16H19FN2O3S2. The second-order valence-electron chi connectivity index (χ2n) is 5.50. The third-order valence-corrected chi connectivity index (χ3v) is 6.77. The van der Waals surface area contributed by atoms with Crippen LogP contribution in [0.15, 0.2) is 46.0 Å². The first kappa shape index (κ1) is 17.5. The summed E-state index contributed by atoms with van der Waals surface area (Å²) in [5, 5.41) is 1.72. The monoisotopic (exact) mass is 370 g/mol. The molecule has 0 amide bonds. The molecule has 0 bridgehead atoms. The summed E-state index contributed by atoms with van der Waals surface area (Å²) in [6.07, 6.45) is 0. The number of benzene rings is 1. The van der Waals surface area contributed by atoms with Gasteiger partial charge in [-0.25, -0.2) is 17.5 Å². The van der Waals surface area contributed by atoms with Crippen LogP contribution in [-0.4, -0.2) is 46.2 Å². The van der Waals surface area contributed by atoms with Gasteiger partial charge in [0.15, 0.2) is 0 Å². The van der Waals surface area contributed by atoms with Gasteiger partial charge in [0.2, 0.25) is 10.0 Å². The van der Waals surface area contributed by atoms with Gasteiger partial charge in [0, 0.05) is 25.7 Å². The standard InChI is InChI=1S/C16H19FN2O3S2/c17-14-4-1-3-13(11-14)15(19-6-8-22-9-7-19)12-18-24(20,21)16-5-2-10-23-16/h1-5,10-11,15,18H,6-9,12H2. The Balaban J connectivity index is 1.79. The van der Waals surface area contributed by atoms with Gasteiger partial charge in [0.25, 0.3) is 0 Å². The number of sulfonamides is 1. The highest BCUT2D eigenvalue weighted by Crippen LogP contribution is 2.23. The number of thiophene rings is 1. The van der Waals surface area contributed by atoms with Crippen molar-refractivity contribution in [2.75, 3.05) is 32.8 Å². The first-order valence-corrected chi connectivity index (χ1v) is 10.0. The second kappa shape index (κ2) is 7.71. The molecule has 130 valence electrons. The minimum absolute atomic E-state index is 0.184. The third kappa shape index (κ3) is 4.20. The molecular weight excluding hydrogens is 351 g/mol. The minimum Gasteiger partial charge on any atom is -0.379 e. The van der Waals surface area contributed by atoms with Gasteiger partial charge >= 0.3 is 0 Å². The summed E-state index contributed by atoms with van der Waals surface area (Å²) in [4.78, 5) is 2.12. The average Bonchev–Trinajstić information content (AvgIpc) is 3.11. The molecule has 5 nitrogen and oxygen atoms in total. The van der Waals surface area contributed by atoms with E-state index in [1.807, 2.05) is 6.07 Å². The van der Waals surface area contributed by atoms with E-state index in [4.69, 9.17) is 4.74 Å². The molecule has 1 saturated heterocycles. The molecule has 1 aliphatic heterocycles. The molecule has 0 spiro atoms. The normalized spacial score (nSPS) is 17.7. The Morgan fingerprint density at radius 1 is 1.25 bits per heavy atom. The van der Waals surface area contributed by atoms with Crippen LogP contribution in [0.1, 0.15) is 11.6 Å². The Labute approximate surface area is 145 Å². The van der Waals surface area contributed by atoms with E-state index in [0.29, 0.717) is 26.3 Å². The van der Waals surface area contributed by atoms with Crippen molar-refractivity contribution in [2.24, 2.45) is 0 Å². The van der Waals surface area contributed by atoms with E-state index in [0.717, 1.165) is 5.56 Å². The van der Waals surface area contributed by atoms with Crippen molar-refractivity contribution in [3.8, 4) is 0 Å². The number of nitrogens with zero attached hydrogens (tertiary/aromatic N) is 1. The number of halogens is 1. The van der Waals surface area contributed by atoms with Crippen LogP contribution in [0.3, 0.4) is 0 Å². The molecule has 0 radical (unpaired) electrons. The predicted octanol–water partition coefficient (Wildman–Crippen LogP) is 2.24. The van der Waals surface area contributed by atoms with Crippen LogP contribution in [0.4, 0.5) is 4.39 Å². The molecule has 24 heavy (non-hydrogen) atoms. The van der Waals surface area contributed by atoms with Gasteiger partial charge < -0.3 is 4.74 Å². The van der Waals surface area contributed by atoms with Crippen molar-refractivity contribution < 1.29 is 17.5 Å². The maximum atomic E-state index is 13.6. The van der Waals surface area contributed by atoms with E-state index in [1.165, 1.54) is 23.5 Å². The predicted molar refractivity (Wildman–Crippen MR) is 91.0 cm³/mol. The molecule has 1 aliphatic rings. The van der Waals surface area contributed by atoms with Gasteiger partial charge in [0.05, 0.1) is 13.2 Å². The fourth-order valence-electron chi connectivity index (χ4n) is 2.74. The van der Waals surface area contributed by atoms with Crippen LogP contribution in [0, 0.1) is 5.82 Å². The molecule has 1 atom stereocenters. The Hall–Kier alpha value is -1.32. The molecule has 1 aromatic carbocycles. The third-order valence-electron chi connectivity index (χ3n) is 3.95. The van der Waals surface area contributed by atoms with E-state index in [9.17, 15) is 12.8 Å². The lowest BCUT2D eigenvalue weighted by molar-refractivity contribution is 0.0171. The topological polar surface area (TPSA) is 58.6 Å². The molecule has 1 fully saturated rings. The largest absolute Gasteiger partial charge is 0.379 e. The zero-order valence-electron chi connectivity index (χ0n) is 13.0. The fraction of sp³-hybridized carbons (Fsp3) is 0.375. The number of hydrogen-bond acceptors (Lipinski definition) is 5. The van der Waals surface area contributed by atoms with E-state index >= 15 is 0 Å². The maximum absolute atomic E-state index is 13.6. The number of hydrogen-bond donors (Lipinski definition) is 1. The lowest BCUT2D eigenvalue weighted by Gasteiger charge is -2.34. The molecule has 8 heteroatoms. The van der Waals surface area contributed by atoms with Gasteiger partial charge in [-0.05, 0) is 29.1 Å². The SMILES string of the molecule is O=S(=O)(NCC(c1cccc(F)c1)N1CCOCC1)c1cccs1. The van der Waals surface area contributed by atoms with Crippen LogP contribution < -0.4 is 4.72 Å². The van der Waals surface area contributed by atoms with Crippen molar-refractivity contribution in [1.29, 1.82) is 0 Å². The van der Waals surface area contributed by atoms with Crippen LogP contribution >= 0.6 is 11.3 Å². The highest BCUT2D eigenvalue weighted by Gasteiger charge is 2.25. The van der Waals surface area contributed by atoms with Crippen LogP contribution in [0.25, 0.3) is 0 Å². The van der Waals surface area contributed by atoms with Gasteiger partial charge in [-0.15, -0.1) is 11.3 Å². The Morgan fingerprint density at radius 2 is 2.04 bits per heavy atom. The van der Waals surface area contributed by atoms with Gasteiger partial charge in [0.1, 0.15) is 10.0 Å². The average molecular weight is 370 g/mol. The Bertz CT molecular complexity index is 759. The quantitative estimate of drug-likeness (QED) is 0.847. The lowest BCUT2D eigenvalue weighted by Crippen LogP contribution is -2.43. The molecule has 2 aromatic rings. The smallest absolute Gasteiger partial charge is 0.250 e. The van der Waals surface area contributed by atoms with Gasteiger partial charge in [-0.2, -0.15) is 0 Å². The number of rotatable bonds is 6. The summed E-state index contributed by atoms with van der Waals surface area (Å²) in [6.45, 7) is 2.72. The highest BCUT2D eigenvalue weighted by molar-refractivity contribution is 7.91. The summed E-state index contributed by atoms with van der Waals surface area (Å²) in [5.41, 5.74) is 0.755. The molecule has 3 rings (SSSR count). The summed E-state index contributed by atoms with van der Waals surface area (Å²) < 4.78 is 46.6. The molecule has 1 N–H and O–H groups in total. The first-order chi connectivity index (χ1) is 11.6. The van der Waals surface area contributed by atoms with Crippen LogP contribution in [-0.2, 0) is 14.8 Å². The number of nitrogens with one attached hydrogen (secondary N) is 1. The van der Waals surface area contributed by atoms with E-state index < -0.39 is 10.0 Å². The Morgan fingerprint density at radius 3 is 2.71 bits per heavy atom. The molecule has 1 aromatic heterocycles. The number of morpholine rings is 1. The van der Waals surface area contributed by atoms with Crippen molar-refractivity contribution >= 4 is 21.4 Å². The van der Waals surface area contributed by atoms with Crippen molar-refractivity contribution in [3.63, 3.8) is 0 Å². The summed E-state index contributed by atoms with van der Waals surface area (Å²) >= 11 is 1.17. The van der Waals surface area contributed by atoms with E-state index in [1.54, 1.807) is 23.6 Å². The summed E-state index contributed by atoms with van der Waals surface area (Å²) in [5.74, 6) is -0.327. The summed E-state index contributed by atoms with van der Waals surface area (Å²) in [7, 11) is -3.55. The highest BCUT2D eigenvalue weighted by atomic mass is 32.2. The minimum atomic E-state index is -3.55. The van der Waals surface area contributed by atoms with Gasteiger partial charge in [-0.1, -0.05) is 18.2 Å². The second-order valence-corrected chi connectivity index (χ2v) is 8.44. The lowest BCUT2D eigenvalue weighted by atomic mass is 10.0. The molecule has 2 heterocycles. The molecule has 0 saturated carbocycles. The van der Waals surface area contributed by atoms with E-state index in [2.05, 4.69) is 9.62 Å². The Kier molecular flexibility index (Phi) is 5.62.